The molecule has 0 aliphatic carbocycles. The minimum atomic E-state index is -0.501. The maximum atomic E-state index is 13.9. The molecule has 1 amide bonds. The van der Waals surface area contributed by atoms with Crippen LogP contribution in [0.15, 0.2) is 18.2 Å². The van der Waals surface area contributed by atoms with Crippen LogP contribution in [0.3, 0.4) is 0 Å². The smallest absolute Gasteiger partial charge is 0.256 e. The molecule has 1 heterocycles. The molecule has 1 aromatic rings. The molecule has 4 heteroatoms. The van der Waals surface area contributed by atoms with Crippen molar-refractivity contribution in [2.45, 2.75) is 26.7 Å². The van der Waals surface area contributed by atoms with E-state index in [-0.39, 0.29) is 11.5 Å². The summed E-state index contributed by atoms with van der Waals surface area (Å²) in [6.45, 7) is 6.24. The number of rotatable bonds is 5. The number of amides is 1. The fourth-order valence-corrected chi connectivity index (χ4v) is 1.86. The molecule has 0 aromatic heterocycles. The van der Waals surface area contributed by atoms with Gasteiger partial charge in [-0.05, 0) is 30.9 Å². The summed E-state index contributed by atoms with van der Waals surface area (Å²) in [5, 5.41) is 0. The number of hydrogen-bond donors (Lipinski definition) is 0. The Bertz CT molecular complexity index is 455. The predicted octanol–water partition coefficient (Wildman–Crippen LogP) is 3.10. The molecule has 1 saturated heterocycles. The molecular formula is C15H20FNO2. The second-order valence-electron chi connectivity index (χ2n) is 5.32. The number of carbonyl (C=O) groups is 1. The third-order valence-corrected chi connectivity index (χ3v) is 3.28. The summed E-state index contributed by atoms with van der Waals surface area (Å²) in [7, 11) is 0. The van der Waals surface area contributed by atoms with E-state index in [0.717, 1.165) is 25.9 Å². The van der Waals surface area contributed by atoms with E-state index < -0.39 is 5.82 Å². The van der Waals surface area contributed by atoms with E-state index in [0.29, 0.717) is 18.3 Å². The summed E-state index contributed by atoms with van der Waals surface area (Å²) in [5.41, 5.74) is 0.135. The number of nitrogens with zero attached hydrogens (tertiary/aromatic N) is 1. The Morgan fingerprint density at radius 2 is 2.16 bits per heavy atom. The van der Waals surface area contributed by atoms with Crippen molar-refractivity contribution in [2.75, 3.05) is 19.7 Å². The summed E-state index contributed by atoms with van der Waals surface area (Å²) in [5.74, 6) is 0.312. The average Bonchev–Trinajstić information content (AvgIpc) is 2.26. The molecule has 1 aliphatic rings. The van der Waals surface area contributed by atoms with Crippen LogP contribution in [0, 0.1) is 11.7 Å². The van der Waals surface area contributed by atoms with Gasteiger partial charge >= 0.3 is 0 Å². The maximum absolute atomic E-state index is 13.9. The summed E-state index contributed by atoms with van der Waals surface area (Å²) < 4.78 is 19.3. The van der Waals surface area contributed by atoms with E-state index in [9.17, 15) is 9.18 Å². The molecule has 1 fully saturated rings. The molecule has 0 atom stereocenters. The third-order valence-electron chi connectivity index (χ3n) is 3.28. The van der Waals surface area contributed by atoms with Crippen LogP contribution in [0.1, 0.15) is 37.0 Å². The van der Waals surface area contributed by atoms with Gasteiger partial charge in [0.05, 0.1) is 12.2 Å². The molecule has 0 saturated carbocycles. The van der Waals surface area contributed by atoms with E-state index >= 15 is 0 Å². The topological polar surface area (TPSA) is 29.5 Å². The summed E-state index contributed by atoms with van der Waals surface area (Å²) in [6.07, 6.45) is 1.93. The Morgan fingerprint density at radius 1 is 1.42 bits per heavy atom. The standard InChI is InChI=1S/C15H20FNO2/c1-11(2)6-9-19-12-4-5-13(14(16)10-12)15(18)17-7-3-8-17/h4-5,10-11H,3,6-9H2,1-2H3. The van der Waals surface area contributed by atoms with E-state index in [2.05, 4.69) is 13.8 Å². The second-order valence-corrected chi connectivity index (χ2v) is 5.32. The minimum absolute atomic E-state index is 0.135. The van der Waals surface area contributed by atoms with Gasteiger partial charge in [0.1, 0.15) is 11.6 Å². The SMILES string of the molecule is CC(C)CCOc1ccc(C(=O)N2CCC2)c(F)c1. The van der Waals surface area contributed by atoms with Gasteiger partial charge in [0.25, 0.3) is 5.91 Å². The molecule has 0 spiro atoms. The molecule has 19 heavy (non-hydrogen) atoms. The summed E-state index contributed by atoms with van der Waals surface area (Å²) >= 11 is 0. The van der Waals surface area contributed by atoms with E-state index in [1.807, 2.05) is 0 Å². The maximum Gasteiger partial charge on any atom is 0.256 e. The van der Waals surface area contributed by atoms with E-state index in [4.69, 9.17) is 4.74 Å². The van der Waals surface area contributed by atoms with Crippen molar-refractivity contribution in [3.8, 4) is 5.75 Å². The van der Waals surface area contributed by atoms with Crippen LogP contribution in [0.25, 0.3) is 0 Å². The summed E-state index contributed by atoms with van der Waals surface area (Å²) in [4.78, 5) is 13.6. The first-order chi connectivity index (χ1) is 9.08. The van der Waals surface area contributed by atoms with Gasteiger partial charge in [-0.1, -0.05) is 13.8 Å². The molecule has 3 nitrogen and oxygen atoms in total. The van der Waals surface area contributed by atoms with E-state index in [1.54, 1.807) is 11.0 Å². The van der Waals surface area contributed by atoms with Crippen molar-refractivity contribution in [3.05, 3.63) is 29.6 Å². The first-order valence-electron chi connectivity index (χ1n) is 6.79. The lowest BCUT2D eigenvalue weighted by atomic mass is 10.1. The predicted molar refractivity (Wildman–Crippen MR) is 71.9 cm³/mol. The van der Waals surface area contributed by atoms with Gasteiger partial charge in [0.2, 0.25) is 0 Å². The van der Waals surface area contributed by atoms with Gasteiger partial charge in [-0.3, -0.25) is 4.79 Å². The van der Waals surface area contributed by atoms with Crippen LogP contribution in [0.5, 0.6) is 5.75 Å². The van der Waals surface area contributed by atoms with Crippen LogP contribution in [-0.4, -0.2) is 30.5 Å². The quantitative estimate of drug-likeness (QED) is 0.818. The molecule has 104 valence electrons. The molecule has 2 rings (SSSR count). The number of carbonyl (C=O) groups excluding carboxylic acids is 1. The molecular weight excluding hydrogens is 245 g/mol. The van der Waals surface area contributed by atoms with Crippen molar-refractivity contribution in [1.82, 2.24) is 4.90 Å². The lowest BCUT2D eigenvalue weighted by Crippen LogP contribution is -2.42. The average molecular weight is 265 g/mol. The highest BCUT2D eigenvalue weighted by Crippen LogP contribution is 2.20. The Labute approximate surface area is 113 Å². The molecule has 0 unspecified atom stereocenters. The largest absolute Gasteiger partial charge is 0.493 e. The van der Waals surface area contributed by atoms with Crippen LogP contribution in [0.4, 0.5) is 4.39 Å². The van der Waals surface area contributed by atoms with Gasteiger partial charge in [0, 0.05) is 19.2 Å². The molecule has 0 bridgehead atoms. The highest BCUT2D eigenvalue weighted by molar-refractivity contribution is 5.95. The Hall–Kier alpha value is -1.58. The van der Waals surface area contributed by atoms with Crippen molar-refractivity contribution in [1.29, 1.82) is 0 Å². The minimum Gasteiger partial charge on any atom is -0.493 e. The van der Waals surface area contributed by atoms with Crippen molar-refractivity contribution < 1.29 is 13.9 Å². The zero-order valence-electron chi connectivity index (χ0n) is 11.5. The van der Waals surface area contributed by atoms with Crippen LogP contribution in [0.2, 0.25) is 0 Å². The molecule has 0 radical (unpaired) electrons. The first-order valence-corrected chi connectivity index (χ1v) is 6.79. The van der Waals surface area contributed by atoms with Crippen LogP contribution >= 0.6 is 0 Å². The Morgan fingerprint density at radius 3 is 2.68 bits per heavy atom. The molecule has 1 aliphatic heterocycles. The van der Waals surface area contributed by atoms with Gasteiger partial charge in [-0.25, -0.2) is 4.39 Å². The second kappa shape index (κ2) is 6.04. The highest BCUT2D eigenvalue weighted by atomic mass is 19.1. The lowest BCUT2D eigenvalue weighted by Gasteiger charge is -2.31. The zero-order valence-corrected chi connectivity index (χ0v) is 11.5. The number of halogens is 1. The number of benzene rings is 1. The van der Waals surface area contributed by atoms with Gasteiger partial charge in [0.15, 0.2) is 0 Å². The van der Waals surface area contributed by atoms with Crippen molar-refractivity contribution >= 4 is 5.91 Å². The van der Waals surface area contributed by atoms with E-state index in [1.165, 1.54) is 12.1 Å². The van der Waals surface area contributed by atoms with Gasteiger partial charge in [-0.15, -0.1) is 0 Å². The van der Waals surface area contributed by atoms with Crippen molar-refractivity contribution in [3.63, 3.8) is 0 Å². The van der Waals surface area contributed by atoms with Crippen molar-refractivity contribution in [2.24, 2.45) is 5.92 Å². The zero-order chi connectivity index (χ0) is 13.8. The fourth-order valence-electron chi connectivity index (χ4n) is 1.86. The van der Waals surface area contributed by atoms with Crippen LogP contribution in [-0.2, 0) is 0 Å². The lowest BCUT2D eigenvalue weighted by molar-refractivity contribution is 0.0647. The van der Waals surface area contributed by atoms with Crippen LogP contribution < -0.4 is 4.74 Å². The Kier molecular flexibility index (Phi) is 4.40. The monoisotopic (exact) mass is 265 g/mol. The highest BCUT2D eigenvalue weighted by Gasteiger charge is 2.24. The first kappa shape index (κ1) is 13.8. The molecule has 1 aromatic carbocycles. The summed E-state index contributed by atoms with van der Waals surface area (Å²) in [6, 6.07) is 4.48. The Balaban J connectivity index is 1.98. The van der Waals surface area contributed by atoms with Gasteiger partial charge in [-0.2, -0.15) is 0 Å². The van der Waals surface area contributed by atoms with Gasteiger partial charge < -0.3 is 9.64 Å². The number of hydrogen-bond acceptors (Lipinski definition) is 2. The third kappa shape index (κ3) is 3.46. The number of ether oxygens (including phenoxy) is 1. The number of likely N-dealkylation sites (tertiary alicyclic amines) is 1. The normalized spacial score (nSPS) is 14.4. The molecule has 0 N–H and O–H groups in total. The fraction of sp³-hybridized carbons (Fsp3) is 0.533.